The lowest BCUT2D eigenvalue weighted by atomic mass is 9.93. The zero-order valence-corrected chi connectivity index (χ0v) is 13.3. The van der Waals surface area contributed by atoms with Crippen molar-refractivity contribution in [3.63, 3.8) is 0 Å². The lowest BCUT2D eigenvalue weighted by Crippen LogP contribution is -2.40. The van der Waals surface area contributed by atoms with Crippen molar-refractivity contribution < 1.29 is 24.2 Å². The third-order valence-corrected chi connectivity index (χ3v) is 4.43. The molecular weight excluding hydrogens is 312 g/mol. The van der Waals surface area contributed by atoms with Crippen LogP contribution in [-0.2, 0) is 9.59 Å². The van der Waals surface area contributed by atoms with Crippen molar-refractivity contribution in [3.8, 4) is 5.75 Å². The van der Waals surface area contributed by atoms with Gasteiger partial charge < -0.3 is 20.1 Å². The highest BCUT2D eigenvalue weighted by molar-refractivity contribution is 5.99. The molecule has 0 spiro atoms. The van der Waals surface area contributed by atoms with Gasteiger partial charge in [0, 0.05) is 25.1 Å². The smallest absolute Gasteiger partial charge is 0.303 e. The van der Waals surface area contributed by atoms with E-state index in [0.717, 1.165) is 12.8 Å². The normalized spacial score (nSPS) is 19.9. The summed E-state index contributed by atoms with van der Waals surface area (Å²) in [6, 6.07) is 5.02. The summed E-state index contributed by atoms with van der Waals surface area (Å²) >= 11 is 0. The van der Waals surface area contributed by atoms with Crippen molar-refractivity contribution in [2.75, 3.05) is 25.0 Å². The Kier molecular flexibility index (Phi) is 4.69. The molecule has 0 aromatic heterocycles. The molecule has 0 radical (unpaired) electrons. The number of piperidine rings is 1. The molecule has 2 heterocycles. The van der Waals surface area contributed by atoms with Crippen LogP contribution in [0.1, 0.15) is 36.0 Å². The van der Waals surface area contributed by atoms with Gasteiger partial charge in [0.05, 0.1) is 5.69 Å². The van der Waals surface area contributed by atoms with Crippen LogP contribution in [0.2, 0.25) is 0 Å². The second-order valence-electron chi connectivity index (χ2n) is 6.24. The number of hydrogen-bond acceptors (Lipinski definition) is 4. The van der Waals surface area contributed by atoms with Crippen molar-refractivity contribution in [3.05, 3.63) is 23.8 Å². The molecule has 1 fully saturated rings. The molecular formula is C17H20N2O5. The van der Waals surface area contributed by atoms with Gasteiger partial charge in [-0.3, -0.25) is 14.4 Å². The SMILES string of the molecule is O=C(O)CC[C@@H]1CCCN(C(=O)c2ccc3c(c2)NC(=O)CO3)C1. The van der Waals surface area contributed by atoms with E-state index in [-0.39, 0.29) is 30.8 Å². The molecule has 0 unspecified atom stereocenters. The average molecular weight is 332 g/mol. The number of aliphatic carboxylic acids is 1. The van der Waals surface area contributed by atoms with Crippen molar-refractivity contribution in [1.82, 2.24) is 4.90 Å². The van der Waals surface area contributed by atoms with Crippen LogP contribution in [-0.4, -0.2) is 47.5 Å². The lowest BCUT2D eigenvalue weighted by molar-refractivity contribution is -0.137. The summed E-state index contributed by atoms with van der Waals surface area (Å²) in [5.74, 6) is -0.357. The first-order valence-electron chi connectivity index (χ1n) is 8.10. The first-order valence-corrected chi connectivity index (χ1v) is 8.10. The maximum atomic E-state index is 12.7. The summed E-state index contributed by atoms with van der Waals surface area (Å²) in [6.45, 7) is 1.23. The van der Waals surface area contributed by atoms with Crippen LogP contribution < -0.4 is 10.1 Å². The maximum absolute atomic E-state index is 12.7. The first kappa shape index (κ1) is 16.3. The van der Waals surface area contributed by atoms with Crippen molar-refractivity contribution >= 4 is 23.5 Å². The number of carbonyl (C=O) groups excluding carboxylic acids is 2. The van der Waals surface area contributed by atoms with Crippen molar-refractivity contribution in [2.45, 2.75) is 25.7 Å². The molecule has 1 aromatic rings. The van der Waals surface area contributed by atoms with Crippen molar-refractivity contribution in [2.24, 2.45) is 5.92 Å². The van der Waals surface area contributed by atoms with E-state index in [2.05, 4.69) is 5.32 Å². The molecule has 7 heteroatoms. The minimum absolute atomic E-state index is 0.0162. The number of carboxylic acids is 1. The summed E-state index contributed by atoms with van der Waals surface area (Å²) in [4.78, 5) is 36.6. The number of amides is 2. The molecule has 1 aromatic carbocycles. The van der Waals surface area contributed by atoms with Gasteiger partial charge >= 0.3 is 5.97 Å². The van der Waals surface area contributed by atoms with Crippen LogP contribution >= 0.6 is 0 Å². The Labute approximate surface area is 139 Å². The van der Waals surface area contributed by atoms with Crippen molar-refractivity contribution in [1.29, 1.82) is 0 Å². The number of benzene rings is 1. The molecule has 1 atom stereocenters. The predicted octanol–water partition coefficient (Wildman–Crippen LogP) is 1.73. The molecule has 2 aliphatic rings. The molecule has 2 amide bonds. The highest BCUT2D eigenvalue weighted by Crippen LogP contribution is 2.30. The van der Waals surface area contributed by atoms with Crippen LogP contribution in [0.4, 0.5) is 5.69 Å². The third kappa shape index (κ3) is 3.67. The van der Waals surface area contributed by atoms with E-state index in [1.54, 1.807) is 23.1 Å². The first-order chi connectivity index (χ1) is 11.5. The Bertz CT molecular complexity index is 673. The molecule has 0 aliphatic carbocycles. The molecule has 0 bridgehead atoms. The van der Waals surface area contributed by atoms with Gasteiger partial charge in [0.2, 0.25) is 0 Å². The zero-order chi connectivity index (χ0) is 17.1. The molecule has 3 rings (SSSR count). The third-order valence-electron chi connectivity index (χ3n) is 4.43. The molecule has 2 N–H and O–H groups in total. The van der Waals surface area contributed by atoms with E-state index >= 15 is 0 Å². The van der Waals surface area contributed by atoms with Crippen LogP contribution in [0.15, 0.2) is 18.2 Å². The van der Waals surface area contributed by atoms with E-state index in [1.807, 2.05) is 0 Å². The largest absolute Gasteiger partial charge is 0.482 e. The number of carbonyl (C=O) groups is 3. The Morgan fingerprint density at radius 2 is 2.21 bits per heavy atom. The molecule has 128 valence electrons. The standard InChI is InChI=1S/C17H20N2O5/c20-15-10-24-14-5-4-12(8-13(14)18-15)17(23)19-7-1-2-11(9-19)3-6-16(21)22/h4-5,8,11H,1-3,6-7,9-10H2,(H,18,20)(H,21,22)/t11-/m0/s1. The van der Waals surface area contributed by atoms with Gasteiger partial charge in [0.15, 0.2) is 6.61 Å². The summed E-state index contributed by atoms with van der Waals surface area (Å²) in [6.07, 6.45) is 2.55. The number of likely N-dealkylation sites (tertiary alicyclic amines) is 1. The second kappa shape index (κ2) is 6.90. The summed E-state index contributed by atoms with van der Waals surface area (Å²) in [5, 5.41) is 11.5. The second-order valence-corrected chi connectivity index (χ2v) is 6.24. The minimum atomic E-state index is -0.802. The Hall–Kier alpha value is -2.57. The van der Waals surface area contributed by atoms with Crippen LogP contribution in [0, 0.1) is 5.92 Å². The number of anilines is 1. The quantitative estimate of drug-likeness (QED) is 0.875. The van der Waals surface area contributed by atoms with E-state index in [9.17, 15) is 14.4 Å². The molecule has 24 heavy (non-hydrogen) atoms. The number of hydrogen-bond donors (Lipinski definition) is 2. The molecule has 2 aliphatic heterocycles. The number of nitrogens with one attached hydrogen (secondary N) is 1. The van der Waals surface area contributed by atoms with Gasteiger partial charge in [-0.2, -0.15) is 0 Å². The number of carboxylic acid groups (broad SMARTS) is 1. The van der Waals surface area contributed by atoms with Crippen LogP contribution in [0.5, 0.6) is 5.75 Å². The van der Waals surface area contributed by atoms with E-state index < -0.39 is 5.97 Å². The van der Waals surface area contributed by atoms with Gasteiger partial charge in [-0.25, -0.2) is 0 Å². The minimum Gasteiger partial charge on any atom is -0.482 e. The number of nitrogens with zero attached hydrogens (tertiary/aromatic N) is 1. The van der Waals surface area contributed by atoms with E-state index in [0.29, 0.717) is 36.5 Å². The fraction of sp³-hybridized carbons (Fsp3) is 0.471. The zero-order valence-electron chi connectivity index (χ0n) is 13.3. The average Bonchev–Trinajstić information content (AvgIpc) is 2.59. The van der Waals surface area contributed by atoms with Crippen LogP contribution in [0.3, 0.4) is 0 Å². The Morgan fingerprint density at radius 1 is 1.38 bits per heavy atom. The monoisotopic (exact) mass is 332 g/mol. The predicted molar refractivity (Wildman–Crippen MR) is 86.1 cm³/mol. The Morgan fingerprint density at radius 3 is 3.00 bits per heavy atom. The van der Waals surface area contributed by atoms with Crippen LogP contribution in [0.25, 0.3) is 0 Å². The van der Waals surface area contributed by atoms with Gasteiger partial charge in [0.25, 0.3) is 11.8 Å². The maximum Gasteiger partial charge on any atom is 0.303 e. The highest BCUT2D eigenvalue weighted by atomic mass is 16.5. The van der Waals surface area contributed by atoms with Gasteiger partial charge in [0.1, 0.15) is 5.75 Å². The number of ether oxygens (including phenoxy) is 1. The number of fused-ring (bicyclic) bond motifs is 1. The van der Waals surface area contributed by atoms with Gasteiger partial charge in [-0.05, 0) is 43.4 Å². The molecule has 1 saturated heterocycles. The summed E-state index contributed by atoms with van der Waals surface area (Å²) < 4.78 is 5.29. The lowest BCUT2D eigenvalue weighted by Gasteiger charge is -2.33. The molecule has 0 saturated carbocycles. The fourth-order valence-electron chi connectivity index (χ4n) is 3.21. The summed E-state index contributed by atoms with van der Waals surface area (Å²) in [5.41, 5.74) is 1.01. The van der Waals surface area contributed by atoms with Gasteiger partial charge in [-0.1, -0.05) is 0 Å². The summed E-state index contributed by atoms with van der Waals surface area (Å²) in [7, 11) is 0. The molecule has 7 nitrogen and oxygen atoms in total. The topological polar surface area (TPSA) is 95.9 Å². The van der Waals surface area contributed by atoms with E-state index in [1.165, 1.54) is 0 Å². The van der Waals surface area contributed by atoms with Gasteiger partial charge in [-0.15, -0.1) is 0 Å². The number of rotatable bonds is 4. The Balaban J connectivity index is 1.68. The highest BCUT2D eigenvalue weighted by Gasteiger charge is 2.26. The van der Waals surface area contributed by atoms with E-state index in [4.69, 9.17) is 9.84 Å². The fourth-order valence-corrected chi connectivity index (χ4v) is 3.21.